The number of Topliss-reactive ketones (excluding diaryl/α,β-unsaturated/α-hetero) is 1. The minimum absolute atomic E-state index is 0.0515. The molecule has 0 fully saturated rings. The highest BCUT2D eigenvalue weighted by atomic mass is 16.5. The van der Waals surface area contributed by atoms with Crippen LogP contribution in [0.5, 0.6) is 0 Å². The lowest BCUT2D eigenvalue weighted by molar-refractivity contribution is -0.131. The molecule has 0 saturated carbocycles. The normalized spacial score (nSPS) is 19.9. The van der Waals surface area contributed by atoms with Gasteiger partial charge in [-0.1, -0.05) is 62.4 Å². The van der Waals surface area contributed by atoms with Crippen LogP contribution in [-0.4, -0.2) is 22.1 Å². The standard InChI is InChI=1S/C24H20N2O4/c1-24(2)16-10-4-7-13-19(16)26(30)20(24)14-8-6-12-18-22(27)21(23(28)29)15-9-3-5-11-17(15)25-18/h3-14,30H,1-2H3,(H,28,29). The summed E-state index contributed by atoms with van der Waals surface area (Å²) >= 11 is 0. The number of para-hydroxylation sites is 2. The predicted molar refractivity (Wildman–Crippen MR) is 112 cm³/mol. The van der Waals surface area contributed by atoms with E-state index in [0.29, 0.717) is 16.3 Å². The molecule has 0 saturated heterocycles. The smallest absolute Gasteiger partial charge is 0.340 e. The molecule has 2 aromatic rings. The van der Waals surface area contributed by atoms with Crippen LogP contribution in [0.3, 0.4) is 0 Å². The van der Waals surface area contributed by atoms with Gasteiger partial charge in [-0.3, -0.25) is 10.0 Å². The van der Waals surface area contributed by atoms with E-state index in [9.17, 15) is 19.9 Å². The maximum Gasteiger partial charge on any atom is 0.340 e. The summed E-state index contributed by atoms with van der Waals surface area (Å²) in [5, 5.41) is 21.9. The van der Waals surface area contributed by atoms with Crippen LogP contribution < -0.4 is 15.6 Å². The lowest BCUT2D eigenvalue weighted by atomic mass is 9.84. The molecular weight excluding hydrogens is 380 g/mol. The number of ketones is 1. The van der Waals surface area contributed by atoms with E-state index in [0.717, 1.165) is 16.3 Å². The van der Waals surface area contributed by atoms with Gasteiger partial charge in [-0.25, -0.2) is 14.9 Å². The molecule has 150 valence electrons. The van der Waals surface area contributed by atoms with Gasteiger partial charge >= 0.3 is 5.97 Å². The fourth-order valence-corrected chi connectivity index (χ4v) is 3.83. The number of hydrogen-bond acceptors (Lipinski definition) is 5. The highest BCUT2D eigenvalue weighted by molar-refractivity contribution is 6.43. The van der Waals surface area contributed by atoms with Crippen molar-refractivity contribution in [1.82, 2.24) is 0 Å². The van der Waals surface area contributed by atoms with E-state index in [1.54, 1.807) is 42.5 Å². The van der Waals surface area contributed by atoms with Crippen LogP contribution in [0.1, 0.15) is 19.4 Å². The third-order valence-electron chi connectivity index (χ3n) is 5.38. The third-order valence-corrected chi connectivity index (χ3v) is 5.38. The highest BCUT2D eigenvalue weighted by Crippen LogP contribution is 2.46. The first-order valence-electron chi connectivity index (χ1n) is 9.46. The monoisotopic (exact) mass is 400 g/mol. The zero-order valence-corrected chi connectivity index (χ0v) is 16.5. The molecule has 0 unspecified atom stereocenters. The molecule has 0 bridgehead atoms. The number of carboxylic acids is 1. The Hall–Kier alpha value is -3.77. The number of nitrogens with zero attached hydrogens (tertiary/aromatic N) is 2. The summed E-state index contributed by atoms with van der Waals surface area (Å²) in [4.78, 5) is 28.5. The molecule has 6 heteroatoms. The third kappa shape index (κ3) is 3.07. The second-order valence-corrected chi connectivity index (χ2v) is 7.58. The average molecular weight is 400 g/mol. The van der Waals surface area contributed by atoms with Crippen LogP contribution in [0, 0.1) is 0 Å². The fourth-order valence-electron chi connectivity index (χ4n) is 3.83. The van der Waals surface area contributed by atoms with Crippen LogP contribution in [-0.2, 0) is 15.0 Å². The first-order chi connectivity index (χ1) is 14.3. The quantitative estimate of drug-likeness (QED) is 0.773. The molecule has 0 spiro atoms. The van der Waals surface area contributed by atoms with E-state index in [2.05, 4.69) is 4.99 Å². The first kappa shape index (κ1) is 19.5. The molecule has 0 amide bonds. The van der Waals surface area contributed by atoms with Gasteiger partial charge in [-0.15, -0.1) is 0 Å². The molecule has 2 aliphatic rings. The van der Waals surface area contributed by atoms with Crippen molar-refractivity contribution in [2.45, 2.75) is 19.3 Å². The molecule has 30 heavy (non-hydrogen) atoms. The van der Waals surface area contributed by atoms with Gasteiger partial charge in [0, 0.05) is 10.6 Å². The Labute approximate surface area is 173 Å². The molecule has 2 N–H and O–H groups in total. The van der Waals surface area contributed by atoms with Crippen molar-refractivity contribution in [1.29, 1.82) is 0 Å². The molecular formula is C24H20N2O4. The van der Waals surface area contributed by atoms with Gasteiger partial charge in [0.1, 0.15) is 11.3 Å². The Kier molecular flexibility index (Phi) is 4.72. The van der Waals surface area contributed by atoms with Gasteiger partial charge in [0.2, 0.25) is 5.78 Å². The number of rotatable bonds is 3. The number of fused-ring (bicyclic) bond motifs is 2. The summed E-state index contributed by atoms with van der Waals surface area (Å²) in [5.74, 6) is -1.91. The number of hydrogen-bond donors (Lipinski definition) is 2. The maximum atomic E-state index is 12.6. The van der Waals surface area contributed by atoms with Crippen LogP contribution in [0.25, 0.3) is 5.57 Å². The number of allylic oxidation sites excluding steroid dienone is 6. The van der Waals surface area contributed by atoms with Gasteiger partial charge in [0.15, 0.2) is 0 Å². The average Bonchev–Trinajstić information content (AvgIpc) is 2.91. The van der Waals surface area contributed by atoms with E-state index in [1.807, 2.05) is 38.1 Å². The summed E-state index contributed by atoms with van der Waals surface area (Å²) in [6, 6.07) is 14.3. The number of benzene rings is 2. The van der Waals surface area contributed by atoms with Crippen molar-refractivity contribution in [3.63, 3.8) is 0 Å². The Morgan fingerprint density at radius 1 is 1.03 bits per heavy atom. The molecule has 4 rings (SSSR count). The van der Waals surface area contributed by atoms with Crippen LogP contribution in [0.4, 0.5) is 5.69 Å². The van der Waals surface area contributed by atoms with E-state index in [4.69, 9.17) is 0 Å². The van der Waals surface area contributed by atoms with Crippen molar-refractivity contribution in [3.05, 3.63) is 100 Å². The molecule has 0 aromatic heterocycles. The number of carbonyl (C=O) groups is 2. The number of carboxylic acid groups (broad SMARTS) is 1. The number of aliphatic carboxylic acids is 1. The number of anilines is 1. The van der Waals surface area contributed by atoms with E-state index < -0.39 is 17.2 Å². The highest BCUT2D eigenvalue weighted by Gasteiger charge is 2.39. The minimum Gasteiger partial charge on any atom is -0.478 e. The van der Waals surface area contributed by atoms with Gasteiger partial charge in [0.05, 0.1) is 16.7 Å². The Bertz CT molecular complexity index is 1280. The second kappa shape index (κ2) is 7.24. The minimum atomic E-state index is -1.28. The maximum absolute atomic E-state index is 12.6. The topological polar surface area (TPSA) is 90.2 Å². The van der Waals surface area contributed by atoms with Gasteiger partial charge < -0.3 is 5.11 Å². The molecule has 0 atom stereocenters. The second-order valence-electron chi connectivity index (χ2n) is 7.58. The molecule has 2 aliphatic heterocycles. The van der Waals surface area contributed by atoms with E-state index >= 15 is 0 Å². The summed E-state index contributed by atoms with van der Waals surface area (Å²) in [6.45, 7) is 4.04. The lowest BCUT2D eigenvalue weighted by Crippen LogP contribution is -2.37. The number of carbonyl (C=O) groups excluding carboxylic acids is 1. The van der Waals surface area contributed by atoms with Crippen molar-refractivity contribution in [3.8, 4) is 0 Å². The zero-order valence-electron chi connectivity index (χ0n) is 16.5. The van der Waals surface area contributed by atoms with Gasteiger partial charge in [0.25, 0.3) is 0 Å². The predicted octanol–water partition coefficient (Wildman–Crippen LogP) is 2.64. The van der Waals surface area contributed by atoms with Gasteiger partial charge in [-0.05, 0) is 29.8 Å². The SMILES string of the molecule is CC1(C)C(=CC=CC=C2N=c3ccccc3=C(C(=O)O)C2=O)N(O)c2ccccc21. The summed E-state index contributed by atoms with van der Waals surface area (Å²) in [7, 11) is 0. The number of hydroxylamine groups is 1. The van der Waals surface area contributed by atoms with E-state index in [-0.39, 0.29) is 11.3 Å². The van der Waals surface area contributed by atoms with E-state index in [1.165, 1.54) is 6.08 Å². The molecule has 6 nitrogen and oxygen atoms in total. The molecule has 0 aliphatic carbocycles. The van der Waals surface area contributed by atoms with Crippen LogP contribution >= 0.6 is 0 Å². The summed E-state index contributed by atoms with van der Waals surface area (Å²) in [5.41, 5.74) is 1.81. The fraction of sp³-hybridized carbons (Fsp3) is 0.125. The Morgan fingerprint density at radius 2 is 1.70 bits per heavy atom. The van der Waals surface area contributed by atoms with Crippen molar-refractivity contribution < 1.29 is 19.9 Å². The van der Waals surface area contributed by atoms with Crippen molar-refractivity contribution in [2.24, 2.45) is 4.99 Å². The van der Waals surface area contributed by atoms with Crippen LogP contribution in [0.2, 0.25) is 0 Å². The summed E-state index contributed by atoms with van der Waals surface area (Å²) < 4.78 is 0. The molecule has 2 heterocycles. The Morgan fingerprint density at radius 3 is 2.43 bits per heavy atom. The Balaban J connectivity index is 1.68. The van der Waals surface area contributed by atoms with Gasteiger partial charge in [-0.2, -0.15) is 0 Å². The lowest BCUT2D eigenvalue weighted by Gasteiger charge is -2.22. The largest absolute Gasteiger partial charge is 0.478 e. The molecule has 2 aromatic carbocycles. The van der Waals surface area contributed by atoms with Crippen molar-refractivity contribution in [2.75, 3.05) is 5.06 Å². The summed E-state index contributed by atoms with van der Waals surface area (Å²) in [6.07, 6.45) is 6.56. The van der Waals surface area contributed by atoms with Crippen molar-refractivity contribution >= 4 is 23.0 Å². The zero-order chi connectivity index (χ0) is 21.5. The molecule has 0 radical (unpaired) electrons. The first-order valence-corrected chi connectivity index (χ1v) is 9.46. The van der Waals surface area contributed by atoms with Crippen LogP contribution in [0.15, 0.2) is 89.2 Å².